The number of rotatable bonds is 10. The van der Waals surface area contributed by atoms with Gasteiger partial charge in [-0.2, -0.15) is 0 Å². The minimum atomic E-state index is 0.0282. The third kappa shape index (κ3) is 5.19. The van der Waals surface area contributed by atoms with E-state index < -0.39 is 0 Å². The van der Waals surface area contributed by atoms with Gasteiger partial charge in [0.05, 0.1) is 44.9 Å². The van der Waals surface area contributed by atoms with Gasteiger partial charge in [0.2, 0.25) is 0 Å². The standard InChI is InChI=1S/C19H21N3O4/c23-8-9-24-10-11-25-12-13-26-16-5-3-15(4-6-16)18-14-21-17-2-1-7-20-19(17)22-18/h1-7,14,23H,8-13H2. The first-order valence-corrected chi connectivity index (χ1v) is 8.44. The summed E-state index contributed by atoms with van der Waals surface area (Å²) in [6.45, 7) is 2.25. The number of aromatic nitrogens is 3. The zero-order valence-corrected chi connectivity index (χ0v) is 14.4. The molecule has 0 bridgehead atoms. The zero-order valence-electron chi connectivity index (χ0n) is 14.4. The summed E-state index contributed by atoms with van der Waals surface area (Å²) in [6, 6.07) is 11.4. The molecule has 0 amide bonds. The molecule has 0 atom stereocenters. The lowest BCUT2D eigenvalue weighted by molar-refractivity contribution is 0.0247. The maximum Gasteiger partial charge on any atom is 0.178 e. The van der Waals surface area contributed by atoms with Gasteiger partial charge in [-0.15, -0.1) is 0 Å². The molecule has 3 rings (SSSR count). The number of aliphatic hydroxyl groups is 1. The van der Waals surface area contributed by atoms with Crippen molar-refractivity contribution in [3.05, 3.63) is 48.8 Å². The molecule has 0 saturated carbocycles. The van der Waals surface area contributed by atoms with Crippen molar-refractivity contribution in [2.45, 2.75) is 0 Å². The van der Waals surface area contributed by atoms with Gasteiger partial charge in [-0.25, -0.2) is 9.97 Å². The van der Waals surface area contributed by atoms with Crippen molar-refractivity contribution < 1.29 is 19.3 Å². The lowest BCUT2D eigenvalue weighted by Gasteiger charge is -2.08. The molecular formula is C19H21N3O4. The van der Waals surface area contributed by atoms with Gasteiger partial charge in [-0.05, 0) is 36.4 Å². The van der Waals surface area contributed by atoms with Crippen molar-refractivity contribution in [2.24, 2.45) is 0 Å². The molecule has 26 heavy (non-hydrogen) atoms. The quantitative estimate of drug-likeness (QED) is 0.557. The molecule has 0 saturated heterocycles. The molecular weight excluding hydrogens is 334 g/mol. The zero-order chi connectivity index (χ0) is 18.0. The number of ether oxygens (including phenoxy) is 3. The summed E-state index contributed by atoms with van der Waals surface area (Å²) in [4.78, 5) is 13.1. The number of nitrogens with zero attached hydrogens (tertiary/aromatic N) is 3. The molecule has 0 aliphatic heterocycles. The number of hydrogen-bond acceptors (Lipinski definition) is 7. The summed E-state index contributed by atoms with van der Waals surface area (Å²) in [5, 5.41) is 8.58. The molecule has 7 heteroatoms. The SMILES string of the molecule is OCCOCCOCCOc1ccc(-c2cnc3cccnc3n2)cc1. The van der Waals surface area contributed by atoms with Crippen LogP contribution < -0.4 is 4.74 Å². The highest BCUT2D eigenvalue weighted by Crippen LogP contribution is 2.21. The molecule has 1 N–H and O–H groups in total. The Morgan fingerprint density at radius 1 is 0.846 bits per heavy atom. The van der Waals surface area contributed by atoms with Gasteiger partial charge in [0.15, 0.2) is 5.65 Å². The molecule has 1 aromatic carbocycles. The van der Waals surface area contributed by atoms with E-state index in [4.69, 9.17) is 19.3 Å². The summed E-state index contributed by atoms with van der Waals surface area (Å²) in [5.41, 5.74) is 3.13. The number of pyridine rings is 1. The highest BCUT2D eigenvalue weighted by Gasteiger charge is 2.04. The van der Waals surface area contributed by atoms with E-state index in [0.717, 1.165) is 22.5 Å². The van der Waals surface area contributed by atoms with E-state index in [-0.39, 0.29) is 6.61 Å². The van der Waals surface area contributed by atoms with Gasteiger partial charge in [-0.3, -0.25) is 4.98 Å². The predicted molar refractivity (Wildman–Crippen MR) is 97.0 cm³/mol. The number of fused-ring (bicyclic) bond motifs is 1. The summed E-state index contributed by atoms with van der Waals surface area (Å²) in [5.74, 6) is 0.765. The fourth-order valence-electron chi connectivity index (χ4n) is 2.32. The van der Waals surface area contributed by atoms with Gasteiger partial charge in [0, 0.05) is 11.8 Å². The van der Waals surface area contributed by atoms with E-state index in [9.17, 15) is 0 Å². The lowest BCUT2D eigenvalue weighted by atomic mass is 10.1. The van der Waals surface area contributed by atoms with Crippen molar-refractivity contribution in [1.82, 2.24) is 15.0 Å². The van der Waals surface area contributed by atoms with E-state index >= 15 is 0 Å². The van der Waals surface area contributed by atoms with Crippen LogP contribution in [-0.2, 0) is 9.47 Å². The third-order valence-corrected chi connectivity index (χ3v) is 3.57. The van der Waals surface area contributed by atoms with Gasteiger partial charge in [0.25, 0.3) is 0 Å². The first-order chi connectivity index (χ1) is 12.9. The average molecular weight is 355 g/mol. The predicted octanol–water partition coefficient (Wildman–Crippen LogP) is 2.10. The van der Waals surface area contributed by atoms with Crippen LogP contribution in [-0.4, -0.2) is 59.7 Å². The molecule has 0 spiro atoms. The second-order valence-corrected chi connectivity index (χ2v) is 5.42. The Morgan fingerprint density at radius 2 is 1.62 bits per heavy atom. The molecule has 0 unspecified atom stereocenters. The molecule has 3 aromatic rings. The summed E-state index contributed by atoms with van der Waals surface area (Å²) in [6.07, 6.45) is 3.45. The fraction of sp³-hybridized carbons (Fsp3) is 0.316. The molecule has 2 heterocycles. The van der Waals surface area contributed by atoms with Crippen LogP contribution >= 0.6 is 0 Å². The molecule has 0 aliphatic rings. The van der Waals surface area contributed by atoms with Crippen molar-refractivity contribution in [3.8, 4) is 17.0 Å². The van der Waals surface area contributed by atoms with Crippen LogP contribution in [0.25, 0.3) is 22.4 Å². The molecule has 0 fully saturated rings. The smallest absolute Gasteiger partial charge is 0.178 e. The van der Waals surface area contributed by atoms with Crippen LogP contribution in [0.4, 0.5) is 0 Å². The van der Waals surface area contributed by atoms with E-state index in [1.807, 2.05) is 36.4 Å². The number of aliphatic hydroxyl groups excluding tert-OH is 1. The van der Waals surface area contributed by atoms with Crippen LogP contribution in [0.1, 0.15) is 0 Å². The Bertz CT molecular complexity index is 811. The van der Waals surface area contributed by atoms with Gasteiger partial charge in [0.1, 0.15) is 17.9 Å². The van der Waals surface area contributed by atoms with Crippen LogP contribution in [0.15, 0.2) is 48.8 Å². The monoisotopic (exact) mass is 355 g/mol. The second-order valence-electron chi connectivity index (χ2n) is 5.42. The van der Waals surface area contributed by atoms with Crippen molar-refractivity contribution in [1.29, 1.82) is 0 Å². The van der Waals surface area contributed by atoms with E-state index in [0.29, 0.717) is 38.7 Å². The van der Waals surface area contributed by atoms with Crippen LogP contribution in [0, 0.1) is 0 Å². The lowest BCUT2D eigenvalue weighted by Crippen LogP contribution is -2.11. The highest BCUT2D eigenvalue weighted by molar-refractivity contribution is 5.73. The van der Waals surface area contributed by atoms with Crippen LogP contribution in [0.2, 0.25) is 0 Å². The number of hydrogen-bond donors (Lipinski definition) is 1. The van der Waals surface area contributed by atoms with Crippen molar-refractivity contribution >= 4 is 11.2 Å². The van der Waals surface area contributed by atoms with E-state index in [1.165, 1.54) is 0 Å². The third-order valence-electron chi connectivity index (χ3n) is 3.57. The molecule has 7 nitrogen and oxygen atoms in total. The normalized spacial score (nSPS) is 11.0. The Labute approximate surface area is 151 Å². The van der Waals surface area contributed by atoms with Crippen molar-refractivity contribution in [2.75, 3.05) is 39.6 Å². The summed E-state index contributed by atoms with van der Waals surface area (Å²) in [7, 11) is 0. The molecule has 136 valence electrons. The maximum absolute atomic E-state index is 8.58. The Morgan fingerprint density at radius 3 is 2.42 bits per heavy atom. The van der Waals surface area contributed by atoms with E-state index in [2.05, 4.69) is 15.0 Å². The number of benzene rings is 1. The fourth-order valence-corrected chi connectivity index (χ4v) is 2.32. The topological polar surface area (TPSA) is 86.6 Å². The van der Waals surface area contributed by atoms with Crippen LogP contribution in [0.3, 0.4) is 0 Å². The highest BCUT2D eigenvalue weighted by atomic mass is 16.5. The molecule has 0 aliphatic carbocycles. The Kier molecular flexibility index (Phi) is 6.83. The van der Waals surface area contributed by atoms with Gasteiger partial charge >= 0.3 is 0 Å². The minimum Gasteiger partial charge on any atom is -0.491 e. The first-order valence-electron chi connectivity index (χ1n) is 8.44. The van der Waals surface area contributed by atoms with Crippen LogP contribution in [0.5, 0.6) is 5.75 Å². The average Bonchev–Trinajstić information content (AvgIpc) is 2.70. The second kappa shape index (κ2) is 9.76. The molecule has 0 radical (unpaired) electrons. The van der Waals surface area contributed by atoms with Crippen molar-refractivity contribution in [3.63, 3.8) is 0 Å². The van der Waals surface area contributed by atoms with E-state index in [1.54, 1.807) is 12.4 Å². The van der Waals surface area contributed by atoms with Gasteiger partial charge < -0.3 is 19.3 Å². The Hall–Kier alpha value is -2.61. The first kappa shape index (κ1) is 18.2. The molecule has 2 aromatic heterocycles. The largest absolute Gasteiger partial charge is 0.491 e. The maximum atomic E-state index is 8.58. The summed E-state index contributed by atoms with van der Waals surface area (Å²) < 4.78 is 16.1. The van der Waals surface area contributed by atoms with Gasteiger partial charge in [-0.1, -0.05) is 0 Å². The minimum absolute atomic E-state index is 0.0282. The summed E-state index contributed by atoms with van der Waals surface area (Å²) >= 11 is 0. The Balaban J connectivity index is 1.47.